The maximum atomic E-state index is 12.6. The van der Waals surface area contributed by atoms with Crippen molar-refractivity contribution in [3.8, 4) is 5.88 Å². The summed E-state index contributed by atoms with van der Waals surface area (Å²) in [6.07, 6.45) is 0.0803. The number of hydrogen-bond acceptors (Lipinski definition) is 8. The average Bonchev–Trinajstić information content (AvgIpc) is 2.73. The summed E-state index contributed by atoms with van der Waals surface area (Å²) >= 11 is 0. The average molecular weight is 445 g/mol. The Balaban J connectivity index is 1.41. The van der Waals surface area contributed by atoms with E-state index in [9.17, 15) is 19.2 Å². The van der Waals surface area contributed by atoms with Gasteiger partial charge in [-0.1, -0.05) is 0 Å². The topological polar surface area (TPSA) is 130 Å². The van der Waals surface area contributed by atoms with E-state index in [2.05, 4.69) is 20.5 Å². The second kappa shape index (κ2) is 8.29. The highest BCUT2D eigenvalue weighted by Gasteiger charge is 2.37. The number of fused-ring (bicyclic) bond motifs is 3. The molecule has 3 aliphatic rings. The molecule has 0 unspecified atom stereocenters. The van der Waals surface area contributed by atoms with Gasteiger partial charge in [0, 0.05) is 26.1 Å². The van der Waals surface area contributed by atoms with Gasteiger partial charge in [0.05, 0.1) is 6.04 Å². The lowest BCUT2D eigenvalue weighted by atomic mass is 10.1. The van der Waals surface area contributed by atoms with Crippen LogP contribution in [0.3, 0.4) is 0 Å². The van der Waals surface area contributed by atoms with Crippen LogP contribution >= 0.6 is 0 Å². The minimum Gasteiger partial charge on any atom is -0.474 e. The normalized spacial score (nSPS) is 22.8. The monoisotopic (exact) mass is 445 g/mol. The van der Waals surface area contributed by atoms with Crippen LogP contribution in [0.5, 0.6) is 5.88 Å². The molecule has 1 aromatic heterocycles. The fourth-order valence-electron chi connectivity index (χ4n) is 3.93. The molecule has 3 aliphatic heterocycles. The van der Waals surface area contributed by atoms with E-state index in [0.29, 0.717) is 32.1 Å². The maximum Gasteiger partial charge on any atom is 0.410 e. The first-order valence-corrected chi connectivity index (χ1v) is 10.6. The summed E-state index contributed by atoms with van der Waals surface area (Å²) in [5.74, 6) is -1.04. The van der Waals surface area contributed by atoms with Gasteiger partial charge in [0.1, 0.15) is 29.6 Å². The van der Waals surface area contributed by atoms with Crippen molar-refractivity contribution >= 4 is 29.5 Å². The second-order valence-electron chi connectivity index (χ2n) is 9.08. The van der Waals surface area contributed by atoms with Crippen LogP contribution in [0, 0.1) is 0 Å². The van der Waals surface area contributed by atoms with E-state index in [4.69, 9.17) is 9.47 Å². The van der Waals surface area contributed by atoms with Gasteiger partial charge in [-0.05, 0) is 39.3 Å². The number of piperazine rings is 1. The first kappa shape index (κ1) is 21.8. The Bertz CT molecular complexity index is 958. The summed E-state index contributed by atoms with van der Waals surface area (Å²) < 4.78 is 11.3. The largest absolute Gasteiger partial charge is 0.474 e. The molecular formula is C21H27N5O6. The molecule has 11 heteroatoms. The lowest BCUT2D eigenvalue weighted by Crippen LogP contribution is -2.59. The number of imide groups is 1. The van der Waals surface area contributed by atoms with Gasteiger partial charge in [0.15, 0.2) is 0 Å². The fourth-order valence-corrected chi connectivity index (χ4v) is 3.93. The number of rotatable bonds is 2. The van der Waals surface area contributed by atoms with Crippen LogP contribution in [0.2, 0.25) is 0 Å². The van der Waals surface area contributed by atoms with E-state index in [1.165, 1.54) is 0 Å². The Morgan fingerprint density at radius 3 is 2.75 bits per heavy atom. The second-order valence-corrected chi connectivity index (χ2v) is 9.08. The van der Waals surface area contributed by atoms with Crippen molar-refractivity contribution in [1.29, 1.82) is 0 Å². The third-order valence-corrected chi connectivity index (χ3v) is 5.47. The van der Waals surface area contributed by atoms with Crippen LogP contribution in [0.25, 0.3) is 0 Å². The van der Waals surface area contributed by atoms with Gasteiger partial charge in [0.2, 0.25) is 17.7 Å². The molecule has 4 heterocycles. The molecule has 0 bridgehead atoms. The molecule has 0 saturated carbocycles. The van der Waals surface area contributed by atoms with Crippen molar-refractivity contribution < 1.29 is 28.7 Å². The number of anilines is 1. The molecule has 32 heavy (non-hydrogen) atoms. The summed E-state index contributed by atoms with van der Waals surface area (Å²) in [5.41, 5.74) is 0.320. The summed E-state index contributed by atoms with van der Waals surface area (Å²) in [5, 5.41) is 4.82. The van der Waals surface area contributed by atoms with Crippen molar-refractivity contribution in [2.24, 2.45) is 0 Å². The first-order valence-electron chi connectivity index (χ1n) is 10.6. The summed E-state index contributed by atoms with van der Waals surface area (Å²) in [6, 6.07) is 2.52. The van der Waals surface area contributed by atoms with E-state index in [0.717, 1.165) is 5.69 Å². The molecule has 4 rings (SSSR count). The number of nitrogens with zero attached hydrogens (tertiary/aromatic N) is 3. The molecule has 2 N–H and O–H groups in total. The zero-order valence-electron chi connectivity index (χ0n) is 18.3. The number of carbonyl (C=O) groups excluding carboxylic acids is 4. The molecular weight excluding hydrogens is 418 g/mol. The number of nitrogens with one attached hydrogen (secondary N) is 2. The molecule has 172 valence electrons. The lowest BCUT2D eigenvalue weighted by Gasteiger charge is -2.45. The molecule has 0 spiro atoms. The Morgan fingerprint density at radius 2 is 2.03 bits per heavy atom. The SMILES string of the molecule is CC(C)(C)OC(=O)N1CCN2c3ccc(C(=O)N[C@H]4CCC(=O)NC4=O)nc3OC[C@H]2C1. The molecule has 11 nitrogen and oxygen atoms in total. The van der Waals surface area contributed by atoms with Crippen molar-refractivity contribution in [3.05, 3.63) is 17.8 Å². The maximum absolute atomic E-state index is 12.6. The number of amides is 4. The fraction of sp³-hybridized carbons (Fsp3) is 0.571. The zero-order chi connectivity index (χ0) is 23.0. The number of aromatic nitrogens is 1. The van der Waals surface area contributed by atoms with E-state index in [1.54, 1.807) is 17.0 Å². The standard InChI is InChI=1S/C21H27N5O6/c1-21(2,3)32-20(30)25-8-9-26-12(10-25)11-31-19-15(26)6-4-14(23-19)17(28)22-13-5-7-16(27)24-18(13)29/h4,6,12-13H,5,7-11H2,1-3H3,(H,22,28)(H,24,27,29)/t12-,13+/m1/s1. The van der Waals surface area contributed by atoms with Crippen molar-refractivity contribution in [2.45, 2.75) is 51.3 Å². The van der Waals surface area contributed by atoms with Gasteiger partial charge in [-0.2, -0.15) is 0 Å². The van der Waals surface area contributed by atoms with Gasteiger partial charge in [-0.25, -0.2) is 9.78 Å². The first-order chi connectivity index (χ1) is 15.1. The van der Waals surface area contributed by atoms with Crippen LogP contribution < -0.4 is 20.3 Å². The Hall–Kier alpha value is -3.37. The van der Waals surface area contributed by atoms with E-state index >= 15 is 0 Å². The molecule has 1 aromatic rings. The van der Waals surface area contributed by atoms with Gasteiger partial charge in [0.25, 0.3) is 5.91 Å². The highest BCUT2D eigenvalue weighted by molar-refractivity contribution is 6.03. The van der Waals surface area contributed by atoms with Crippen LogP contribution in [-0.2, 0) is 14.3 Å². The van der Waals surface area contributed by atoms with Crippen LogP contribution in [0.4, 0.5) is 10.5 Å². The number of ether oxygens (including phenoxy) is 2. The van der Waals surface area contributed by atoms with Gasteiger partial charge < -0.3 is 24.6 Å². The van der Waals surface area contributed by atoms with Crippen molar-refractivity contribution in [3.63, 3.8) is 0 Å². The number of carbonyl (C=O) groups is 4. The summed E-state index contributed by atoms with van der Waals surface area (Å²) in [6.45, 7) is 7.37. The Morgan fingerprint density at radius 1 is 1.25 bits per heavy atom. The third-order valence-electron chi connectivity index (χ3n) is 5.47. The highest BCUT2D eigenvalue weighted by atomic mass is 16.6. The number of piperidine rings is 1. The Kier molecular flexibility index (Phi) is 5.66. The van der Waals surface area contributed by atoms with Gasteiger partial charge in [-0.15, -0.1) is 0 Å². The van der Waals surface area contributed by atoms with Crippen LogP contribution in [-0.4, -0.2) is 77.6 Å². The lowest BCUT2D eigenvalue weighted by molar-refractivity contribution is -0.134. The third kappa shape index (κ3) is 4.61. The molecule has 4 amide bonds. The molecule has 0 radical (unpaired) electrons. The van der Waals surface area contributed by atoms with Gasteiger partial charge >= 0.3 is 6.09 Å². The molecule has 2 fully saturated rings. The number of pyridine rings is 1. The van der Waals surface area contributed by atoms with Crippen molar-refractivity contribution in [1.82, 2.24) is 20.5 Å². The molecule has 0 aromatic carbocycles. The smallest absolute Gasteiger partial charge is 0.410 e. The minimum atomic E-state index is -0.774. The number of hydrogen-bond donors (Lipinski definition) is 2. The quantitative estimate of drug-likeness (QED) is 0.627. The van der Waals surface area contributed by atoms with Crippen LogP contribution in [0.15, 0.2) is 12.1 Å². The molecule has 2 atom stereocenters. The van der Waals surface area contributed by atoms with Crippen LogP contribution in [0.1, 0.15) is 44.1 Å². The van der Waals surface area contributed by atoms with E-state index < -0.39 is 23.5 Å². The zero-order valence-corrected chi connectivity index (χ0v) is 18.3. The summed E-state index contributed by atoms with van der Waals surface area (Å²) in [7, 11) is 0. The highest BCUT2D eigenvalue weighted by Crippen LogP contribution is 2.34. The van der Waals surface area contributed by atoms with Gasteiger partial charge in [-0.3, -0.25) is 19.7 Å². The molecule has 2 saturated heterocycles. The Labute approximate surface area is 185 Å². The molecule has 0 aliphatic carbocycles. The predicted octanol–water partition coefficient (Wildman–Crippen LogP) is 0.435. The van der Waals surface area contributed by atoms with E-state index in [1.807, 2.05) is 20.8 Å². The predicted molar refractivity (Wildman–Crippen MR) is 112 cm³/mol. The van der Waals surface area contributed by atoms with Crippen molar-refractivity contribution in [2.75, 3.05) is 31.1 Å². The summed E-state index contributed by atoms with van der Waals surface area (Å²) in [4.78, 5) is 56.2. The van der Waals surface area contributed by atoms with E-state index in [-0.39, 0.29) is 36.6 Å². The minimum absolute atomic E-state index is 0.0475.